The van der Waals surface area contributed by atoms with Crippen molar-refractivity contribution < 1.29 is 9.53 Å². The van der Waals surface area contributed by atoms with Crippen LogP contribution in [-0.2, 0) is 9.53 Å². The van der Waals surface area contributed by atoms with E-state index in [9.17, 15) is 4.79 Å². The zero-order valence-electron chi connectivity index (χ0n) is 10.0. The molecule has 0 aromatic rings. The van der Waals surface area contributed by atoms with Crippen molar-refractivity contribution in [3.05, 3.63) is 11.6 Å². The van der Waals surface area contributed by atoms with Crippen LogP contribution in [0.25, 0.3) is 0 Å². The SMILES string of the molecule is CCC(C)=CC(C)(CC)COC(C)=O. The maximum atomic E-state index is 10.7. The summed E-state index contributed by atoms with van der Waals surface area (Å²) in [7, 11) is 0. The molecular formula is C12H22O2. The number of hydrogen-bond donors (Lipinski definition) is 0. The molecule has 0 amide bonds. The number of rotatable bonds is 5. The highest BCUT2D eigenvalue weighted by Crippen LogP contribution is 2.25. The first-order valence-corrected chi connectivity index (χ1v) is 5.25. The van der Waals surface area contributed by atoms with Crippen molar-refractivity contribution in [3.8, 4) is 0 Å². The fourth-order valence-corrected chi connectivity index (χ4v) is 1.21. The molecule has 14 heavy (non-hydrogen) atoms. The second-order valence-corrected chi connectivity index (χ2v) is 4.13. The Bertz CT molecular complexity index is 218. The van der Waals surface area contributed by atoms with Crippen LogP contribution < -0.4 is 0 Å². The Morgan fingerprint density at radius 3 is 2.29 bits per heavy atom. The summed E-state index contributed by atoms with van der Waals surface area (Å²) in [6.07, 6.45) is 4.25. The molecule has 1 atom stereocenters. The van der Waals surface area contributed by atoms with Gasteiger partial charge in [-0.15, -0.1) is 0 Å². The highest BCUT2D eigenvalue weighted by molar-refractivity contribution is 5.65. The van der Waals surface area contributed by atoms with E-state index in [-0.39, 0.29) is 11.4 Å². The summed E-state index contributed by atoms with van der Waals surface area (Å²) in [5.41, 5.74) is 1.34. The zero-order chi connectivity index (χ0) is 11.2. The number of esters is 1. The molecule has 82 valence electrons. The summed E-state index contributed by atoms with van der Waals surface area (Å²) < 4.78 is 5.06. The van der Waals surface area contributed by atoms with E-state index in [0.29, 0.717) is 6.61 Å². The van der Waals surface area contributed by atoms with E-state index in [0.717, 1.165) is 12.8 Å². The van der Waals surface area contributed by atoms with Crippen LogP contribution in [0.5, 0.6) is 0 Å². The summed E-state index contributed by atoms with van der Waals surface area (Å²) in [4.78, 5) is 10.7. The van der Waals surface area contributed by atoms with Crippen LogP contribution in [0.1, 0.15) is 47.5 Å². The lowest BCUT2D eigenvalue weighted by Gasteiger charge is -2.24. The topological polar surface area (TPSA) is 26.3 Å². The lowest BCUT2D eigenvalue weighted by atomic mass is 9.86. The molecule has 0 radical (unpaired) electrons. The van der Waals surface area contributed by atoms with Crippen LogP contribution >= 0.6 is 0 Å². The number of allylic oxidation sites excluding steroid dienone is 1. The molecule has 2 heteroatoms. The van der Waals surface area contributed by atoms with Crippen LogP contribution in [0.4, 0.5) is 0 Å². The monoisotopic (exact) mass is 198 g/mol. The van der Waals surface area contributed by atoms with Crippen molar-refractivity contribution in [1.29, 1.82) is 0 Å². The van der Waals surface area contributed by atoms with Gasteiger partial charge in [0, 0.05) is 12.3 Å². The van der Waals surface area contributed by atoms with Gasteiger partial charge in [0.2, 0.25) is 0 Å². The lowest BCUT2D eigenvalue weighted by Crippen LogP contribution is -2.22. The van der Waals surface area contributed by atoms with Gasteiger partial charge in [-0.05, 0) is 19.8 Å². The minimum absolute atomic E-state index is 0.00817. The molecule has 0 aliphatic heterocycles. The van der Waals surface area contributed by atoms with Crippen LogP contribution in [0.15, 0.2) is 11.6 Å². The third kappa shape index (κ3) is 5.05. The van der Waals surface area contributed by atoms with Gasteiger partial charge in [-0.3, -0.25) is 4.79 Å². The maximum Gasteiger partial charge on any atom is 0.302 e. The average molecular weight is 198 g/mol. The van der Waals surface area contributed by atoms with Crippen LogP contribution in [0.2, 0.25) is 0 Å². The molecule has 0 bridgehead atoms. The van der Waals surface area contributed by atoms with Gasteiger partial charge in [0.25, 0.3) is 0 Å². The highest BCUT2D eigenvalue weighted by atomic mass is 16.5. The molecule has 0 aliphatic carbocycles. The van der Waals surface area contributed by atoms with Crippen molar-refractivity contribution in [2.45, 2.75) is 47.5 Å². The standard InChI is InChI=1S/C12H22O2/c1-6-10(3)8-12(5,7-2)9-14-11(4)13/h8H,6-7,9H2,1-5H3. The first kappa shape index (κ1) is 13.2. The molecule has 0 heterocycles. The van der Waals surface area contributed by atoms with Crippen LogP contribution in [0.3, 0.4) is 0 Å². The Balaban J connectivity index is 4.39. The third-order valence-corrected chi connectivity index (χ3v) is 2.57. The number of carbonyl (C=O) groups is 1. The predicted octanol–water partition coefficient (Wildman–Crippen LogP) is 3.32. The van der Waals surface area contributed by atoms with Gasteiger partial charge in [-0.1, -0.05) is 32.4 Å². The quantitative estimate of drug-likeness (QED) is 0.500. The van der Waals surface area contributed by atoms with Gasteiger partial charge in [0.15, 0.2) is 0 Å². The van der Waals surface area contributed by atoms with E-state index in [1.54, 1.807) is 0 Å². The molecule has 1 unspecified atom stereocenters. The summed E-state index contributed by atoms with van der Waals surface area (Å²) in [6.45, 7) is 10.4. The molecular weight excluding hydrogens is 176 g/mol. The fourth-order valence-electron chi connectivity index (χ4n) is 1.21. The predicted molar refractivity (Wildman–Crippen MR) is 59.1 cm³/mol. The molecule has 0 saturated heterocycles. The minimum atomic E-state index is -0.202. The van der Waals surface area contributed by atoms with Gasteiger partial charge in [-0.25, -0.2) is 0 Å². The number of carbonyl (C=O) groups excluding carboxylic acids is 1. The van der Waals surface area contributed by atoms with E-state index in [4.69, 9.17) is 4.74 Å². The molecule has 0 aliphatic rings. The number of ether oxygens (including phenoxy) is 1. The lowest BCUT2D eigenvalue weighted by molar-refractivity contribution is -0.143. The Labute approximate surface area is 87.3 Å². The van der Waals surface area contributed by atoms with Gasteiger partial charge in [-0.2, -0.15) is 0 Å². The Morgan fingerprint density at radius 2 is 1.93 bits per heavy atom. The number of hydrogen-bond acceptors (Lipinski definition) is 2. The maximum absolute atomic E-state index is 10.7. The zero-order valence-corrected chi connectivity index (χ0v) is 10.0. The largest absolute Gasteiger partial charge is 0.465 e. The van der Waals surface area contributed by atoms with Crippen molar-refractivity contribution >= 4 is 5.97 Å². The van der Waals surface area contributed by atoms with Crippen molar-refractivity contribution in [3.63, 3.8) is 0 Å². The van der Waals surface area contributed by atoms with Gasteiger partial charge < -0.3 is 4.74 Å². The summed E-state index contributed by atoms with van der Waals surface area (Å²) in [5.74, 6) is -0.202. The molecule has 0 N–H and O–H groups in total. The highest BCUT2D eigenvalue weighted by Gasteiger charge is 2.20. The molecule has 0 fully saturated rings. The summed E-state index contributed by atoms with van der Waals surface area (Å²) >= 11 is 0. The second-order valence-electron chi connectivity index (χ2n) is 4.13. The van der Waals surface area contributed by atoms with E-state index < -0.39 is 0 Å². The fraction of sp³-hybridized carbons (Fsp3) is 0.750. The summed E-state index contributed by atoms with van der Waals surface area (Å²) in [5, 5.41) is 0. The smallest absolute Gasteiger partial charge is 0.302 e. The van der Waals surface area contributed by atoms with E-state index in [1.165, 1.54) is 12.5 Å². The van der Waals surface area contributed by atoms with Crippen molar-refractivity contribution in [2.24, 2.45) is 5.41 Å². The van der Waals surface area contributed by atoms with Gasteiger partial charge in [0.1, 0.15) is 6.61 Å². The van der Waals surface area contributed by atoms with E-state index in [2.05, 4.69) is 33.8 Å². The Hall–Kier alpha value is -0.790. The van der Waals surface area contributed by atoms with Crippen LogP contribution in [0, 0.1) is 5.41 Å². The van der Waals surface area contributed by atoms with Gasteiger partial charge >= 0.3 is 5.97 Å². The first-order valence-electron chi connectivity index (χ1n) is 5.25. The molecule has 0 rings (SSSR count). The second kappa shape index (κ2) is 5.84. The third-order valence-electron chi connectivity index (χ3n) is 2.57. The average Bonchev–Trinajstić information content (AvgIpc) is 2.14. The van der Waals surface area contributed by atoms with Crippen molar-refractivity contribution in [1.82, 2.24) is 0 Å². The minimum Gasteiger partial charge on any atom is -0.465 e. The van der Waals surface area contributed by atoms with E-state index in [1.807, 2.05) is 0 Å². The van der Waals surface area contributed by atoms with E-state index >= 15 is 0 Å². The molecule has 0 aromatic carbocycles. The molecule has 0 aromatic heterocycles. The molecule has 0 saturated carbocycles. The Morgan fingerprint density at radius 1 is 1.36 bits per heavy atom. The normalized spacial score (nSPS) is 16.2. The molecule has 2 nitrogen and oxygen atoms in total. The van der Waals surface area contributed by atoms with Gasteiger partial charge in [0.05, 0.1) is 0 Å². The first-order chi connectivity index (χ1) is 6.43. The van der Waals surface area contributed by atoms with Crippen molar-refractivity contribution in [2.75, 3.05) is 6.61 Å². The molecule has 0 spiro atoms. The van der Waals surface area contributed by atoms with Crippen LogP contribution in [-0.4, -0.2) is 12.6 Å². The Kier molecular flexibility index (Phi) is 5.51. The summed E-state index contributed by atoms with van der Waals surface area (Å²) in [6, 6.07) is 0.